The van der Waals surface area contributed by atoms with E-state index in [0.29, 0.717) is 5.02 Å². The van der Waals surface area contributed by atoms with Crippen LogP contribution in [-0.4, -0.2) is 10.4 Å². The molecule has 0 spiro atoms. The Morgan fingerprint density at radius 1 is 1.47 bits per heavy atom. The van der Waals surface area contributed by atoms with Gasteiger partial charge < -0.3 is 4.57 Å². The monoisotopic (exact) mass is 221 g/mol. The van der Waals surface area contributed by atoms with Crippen molar-refractivity contribution >= 4 is 28.3 Å². The Balaban J connectivity index is 2.81. The Kier molecular flexibility index (Phi) is 2.53. The Labute approximate surface area is 93.5 Å². The molecule has 0 unspecified atom stereocenters. The average molecular weight is 222 g/mol. The summed E-state index contributed by atoms with van der Waals surface area (Å²) in [6, 6.07) is 5.65. The molecule has 0 N–H and O–H groups in total. The van der Waals surface area contributed by atoms with Crippen LogP contribution in [-0.2, 0) is 6.54 Å². The second-order valence-corrected chi connectivity index (χ2v) is 3.98. The number of fused-ring (bicyclic) bond motifs is 1. The van der Waals surface area contributed by atoms with E-state index in [2.05, 4.69) is 11.5 Å². The first-order valence-electron chi connectivity index (χ1n) is 4.92. The zero-order valence-electron chi connectivity index (χ0n) is 8.75. The number of Topliss-reactive ketones (excluding diaryl/α,β-unsaturated/α-hetero) is 1. The first kappa shape index (κ1) is 10.2. The number of halogens is 1. The highest BCUT2D eigenvalue weighted by Crippen LogP contribution is 2.25. The van der Waals surface area contributed by atoms with Crippen molar-refractivity contribution in [1.82, 2.24) is 4.57 Å². The number of nitrogens with zero attached hydrogens (tertiary/aromatic N) is 1. The van der Waals surface area contributed by atoms with E-state index < -0.39 is 0 Å². The Hall–Kier alpha value is -1.28. The molecule has 1 aromatic carbocycles. The lowest BCUT2D eigenvalue weighted by atomic mass is 10.1. The normalized spacial score (nSPS) is 10.9. The topological polar surface area (TPSA) is 22.0 Å². The van der Waals surface area contributed by atoms with Crippen LogP contribution in [0.3, 0.4) is 0 Å². The van der Waals surface area contributed by atoms with Gasteiger partial charge in [-0.15, -0.1) is 0 Å². The van der Waals surface area contributed by atoms with Crippen molar-refractivity contribution in [2.24, 2.45) is 0 Å². The number of benzene rings is 1. The molecule has 0 radical (unpaired) electrons. The number of hydrogen-bond acceptors (Lipinski definition) is 1. The summed E-state index contributed by atoms with van der Waals surface area (Å²) in [4.78, 5) is 11.4. The van der Waals surface area contributed by atoms with Gasteiger partial charge in [0, 0.05) is 34.2 Å². The second kappa shape index (κ2) is 3.70. The van der Waals surface area contributed by atoms with Gasteiger partial charge in [0.1, 0.15) is 0 Å². The highest BCUT2D eigenvalue weighted by atomic mass is 35.5. The Morgan fingerprint density at radius 3 is 2.80 bits per heavy atom. The van der Waals surface area contributed by atoms with Crippen molar-refractivity contribution in [3.05, 3.63) is 35.0 Å². The molecule has 3 heteroatoms. The quantitative estimate of drug-likeness (QED) is 0.712. The lowest BCUT2D eigenvalue weighted by molar-refractivity contribution is 0.101. The third kappa shape index (κ3) is 1.65. The van der Waals surface area contributed by atoms with Crippen molar-refractivity contribution < 1.29 is 4.79 Å². The molecule has 2 nitrogen and oxygen atoms in total. The molecule has 0 aliphatic rings. The van der Waals surface area contributed by atoms with Crippen molar-refractivity contribution in [2.75, 3.05) is 0 Å². The summed E-state index contributed by atoms with van der Waals surface area (Å²) in [6.07, 6.45) is 1.89. The summed E-state index contributed by atoms with van der Waals surface area (Å²) < 4.78 is 2.06. The number of carbonyl (C=O) groups is 1. The summed E-state index contributed by atoms with van der Waals surface area (Å²) in [5, 5.41) is 1.61. The maximum Gasteiger partial charge on any atom is 0.161 e. The summed E-state index contributed by atoms with van der Waals surface area (Å²) in [6.45, 7) is 4.49. The summed E-state index contributed by atoms with van der Waals surface area (Å²) in [7, 11) is 0. The third-order valence-electron chi connectivity index (χ3n) is 2.56. The van der Waals surface area contributed by atoms with E-state index in [9.17, 15) is 4.79 Å². The van der Waals surface area contributed by atoms with Crippen LogP contribution in [0, 0.1) is 0 Å². The van der Waals surface area contributed by atoms with Gasteiger partial charge in [0.2, 0.25) is 0 Å². The molecule has 0 atom stereocenters. The molecule has 15 heavy (non-hydrogen) atoms. The van der Waals surface area contributed by atoms with Crippen LogP contribution < -0.4 is 0 Å². The van der Waals surface area contributed by atoms with Crippen molar-refractivity contribution in [3.63, 3.8) is 0 Å². The fourth-order valence-electron chi connectivity index (χ4n) is 1.81. The fourth-order valence-corrected chi connectivity index (χ4v) is 1.98. The van der Waals surface area contributed by atoms with Crippen LogP contribution in [0.4, 0.5) is 0 Å². The first-order chi connectivity index (χ1) is 7.13. The molecule has 0 aliphatic carbocycles. The van der Waals surface area contributed by atoms with Gasteiger partial charge >= 0.3 is 0 Å². The number of carbonyl (C=O) groups excluding carboxylic acids is 1. The molecule has 0 bridgehead atoms. The SMILES string of the molecule is CCn1cc(C(C)=O)c2cc(Cl)ccc21. The van der Waals surface area contributed by atoms with E-state index in [0.717, 1.165) is 23.0 Å². The van der Waals surface area contributed by atoms with Gasteiger partial charge in [-0.05, 0) is 32.0 Å². The van der Waals surface area contributed by atoms with Crippen LogP contribution in [0.15, 0.2) is 24.4 Å². The second-order valence-electron chi connectivity index (χ2n) is 3.55. The number of hydrogen-bond donors (Lipinski definition) is 0. The van der Waals surface area contributed by atoms with Crippen LogP contribution in [0.1, 0.15) is 24.2 Å². The third-order valence-corrected chi connectivity index (χ3v) is 2.80. The van der Waals surface area contributed by atoms with Crippen molar-refractivity contribution in [2.45, 2.75) is 20.4 Å². The minimum atomic E-state index is 0.0782. The molecule has 1 aromatic heterocycles. The molecule has 0 fully saturated rings. The van der Waals surface area contributed by atoms with Gasteiger partial charge in [-0.25, -0.2) is 0 Å². The molecule has 0 saturated carbocycles. The zero-order chi connectivity index (χ0) is 11.0. The number of aryl methyl sites for hydroxylation is 1. The fraction of sp³-hybridized carbons (Fsp3) is 0.250. The highest BCUT2D eigenvalue weighted by molar-refractivity contribution is 6.31. The first-order valence-corrected chi connectivity index (χ1v) is 5.30. The minimum absolute atomic E-state index is 0.0782. The summed E-state index contributed by atoms with van der Waals surface area (Å²) in [5.41, 5.74) is 1.81. The lowest BCUT2D eigenvalue weighted by Gasteiger charge is -1.99. The van der Waals surface area contributed by atoms with Gasteiger partial charge in [-0.3, -0.25) is 4.79 Å². The van der Waals surface area contributed by atoms with E-state index in [-0.39, 0.29) is 5.78 Å². The Bertz CT molecular complexity index is 528. The number of rotatable bonds is 2. The van der Waals surface area contributed by atoms with Crippen molar-refractivity contribution in [1.29, 1.82) is 0 Å². The number of ketones is 1. The molecule has 0 amide bonds. The molecule has 2 aromatic rings. The van der Waals surface area contributed by atoms with Crippen LogP contribution in [0.5, 0.6) is 0 Å². The lowest BCUT2D eigenvalue weighted by Crippen LogP contribution is -1.91. The van der Waals surface area contributed by atoms with Crippen LogP contribution in [0.2, 0.25) is 5.02 Å². The smallest absolute Gasteiger partial charge is 0.161 e. The van der Waals surface area contributed by atoms with Gasteiger partial charge in [0.05, 0.1) is 0 Å². The Morgan fingerprint density at radius 2 is 2.20 bits per heavy atom. The van der Waals surface area contributed by atoms with Crippen LogP contribution in [0.25, 0.3) is 10.9 Å². The van der Waals surface area contributed by atoms with E-state index in [1.807, 2.05) is 24.4 Å². The van der Waals surface area contributed by atoms with Crippen LogP contribution >= 0.6 is 11.6 Å². The number of aromatic nitrogens is 1. The standard InChI is InChI=1S/C12H12ClNO/c1-3-14-7-11(8(2)15)10-6-9(13)4-5-12(10)14/h4-7H,3H2,1-2H3. The molecular formula is C12H12ClNO. The van der Waals surface area contributed by atoms with Gasteiger partial charge in [-0.2, -0.15) is 0 Å². The summed E-state index contributed by atoms with van der Waals surface area (Å²) in [5.74, 6) is 0.0782. The van der Waals surface area contributed by atoms with E-state index in [4.69, 9.17) is 11.6 Å². The predicted octanol–water partition coefficient (Wildman–Crippen LogP) is 3.52. The minimum Gasteiger partial charge on any atom is -0.347 e. The van der Waals surface area contributed by atoms with E-state index >= 15 is 0 Å². The van der Waals surface area contributed by atoms with Gasteiger partial charge in [0.25, 0.3) is 0 Å². The van der Waals surface area contributed by atoms with E-state index in [1.54, 1.807) is 6.92 Å². The maximum atomic E-state index is 11.4. The molecule has 1 heterocycles. The maximum absolute atomic E-state index is 11.4. The van der Waals surface area contributed by atoms with Crippen molar-refractivity contribution in [3.8, 4) is 0 Å². The highest BCUT2D eigenvalue weighted by Gasteiger charge is 2.11. The molecule has 0 saturated heterocycles. The molecule has 0 aliphatic heterocycles. The molecule has 78 valence electrons. The predicted molar refractivity (Wildman–Crippen MR) is 62.6 cm³/mol. The average Bonchev–Trinajstić information content (AvgIpc) is 2.55. The molecule has 2 rings (SSSR count). The van der Waals surface area contributed by atoms with E-state index in [1.165, 1.54) is 0 Å². The van der Waals surface area contributed by atoms with Gasteiger partial charge in [0.15, 0.2) is 5.78 Å². The molecular weight excluding hydrogens is 210 g/mol. The van der Waals surface area contributed by atoms with Gasteiger partial charge in [-0.1, -0.05) is 11.6 Å². The summed E-state index contributed by atoms with van der Waals surface area (Å²) >= 11 is 5.93. The zero-order valence-corrected chi connectivity index (χ0v) is 9.51. The largest absolute Gasteiger partial charge is 0.347 e.